The largest absolute Gasteiger partial charge is 0.493 e. The zero-order valence-electron chi connectivity index (χ0n) is 23.2. The molecular weight excluding hydrogens is 482 g/mol. The Morgan fingerprint density at radius 1 is 1.08 bits per heavy atom. The molecule has 3 aliphatic heterocycles. The van der Waals surface area contributed by atoms with E-state index in [1.165, 1.54) is 31.2 Å². The zero-order chi connectivity index (χ0) is 26.9. The summed E-state index contributed by atoms with van der Waals surface area (Å²) < 4.78 is 12.5. The van der Waals surface area contributed by atoms with Crippen molar-refractivity contribution >= 4 is 11.8 Å². The van der Waals surface area contributed by atoms with Crippen molar-refractivity contribution in [2.45, 2.75) is 108 Å². The Labute approximate surface area is 226 Å². The van der Waals surface area contributed by atoms with Crippen LogP contribution in [-0.2, 0) is 9.53 Å². The second-order valence-electron chi connectivity index (χ2n) is 13.0. The van der Waals surface area contributed by atoms with Gasteiger partial charge in [-0.1, -0.05) is 39.7 Å². The Balaban J connectivity index is 1.42. The van der Waals surface area contributed by atoms with E-state index in [2.05, 4.69) is 48.4 Å². The molecule has 3 fully saturated rings. The van der Waals surface area contributed by atoms with Gasteiger partial charge in [-0.05, 0) is 61.1 Å². The van der Waals surface area contributed by atoms with E-state index in [0.717, 1.165) is 13.0 Å². The van der Waals surface area contributed by atoms with Crippen LogP contribution in [0.25, 0.3) is 0 Å². The molecule has 8 heteroatoms. The van der Waals surface area contributed by atoms with Gasteiger partial charge >= 0.3 is 0 Å². The molecule has 38 heavy (non-hydrogen) atoms. The molecule has 0 unspecified atom stereocenters. The smallest absolute Gasteiger partial charge is 0.255 e. The first-order valence-electron chi connectivity index (χ1n) is 14.6. The predicted molar refractivity (Wildman–Crippen MR) is 145 cm³/mol. The summed E-state index contributed by atoms with van der Waals surface area (Å²) in [6, 6.07) is 5.58. The van der Waals surface area contributed by atoms with Gasteiger partial charge in [0.1, 0.15) is 11.9 Å². The molecule has 4 bridgehead atoms. The standard InChI is InChI=1S/C30H45N3O5/c1-30(2,3)18-33-17-21-15-24(33)29(36)31-16-27-25(34)11-9-22(38-27)12-13-37-26-14-20(19-6-4-5-7-19)8-10-23(26)28(35)32-21/h8,10,14,19,21-22,24-25,27,34H,4-7,9,11-13,15-18H2,1-3H3,(H,31,36)(H,32,35)/t21-,22-,24-,25-,27+/m0/s1. The second-order valence-corrected chi connectivity index (χ2v) is 13.0. The topological polar surface area (TPSA) is 100 Å². The summed E-state index contributed by atoms with van der Waals surface area (Å²) in [6.07, 6.45) is 6.36. The summed E-state index contributed by atoms with van der Waals surface area (Å²) in [4.78, 5) is 29.1. The first-order chi connectivity index (χ1) is 18.2. The highest BCUT2D eigenvalue weighted by atomic mass is 16.5. The number of rotatable bonds is 2. The van der Waals surface area contributed by atoms with Gasteiger partial charge in [-0.25, -0.2) is 0 Å². The lowest BCUT2D eigenvalue weighted by atomic mass is 9.95. The third-order valence-electron chi connectivity index (χ3n) is 8.55. The molecule has 0 spiro atoms. The molecule has 2 amide bonds. The second kappa shape index (κ2) is 11.5. The van der Waals surface area contributed by atoms with E-state index < -0.39 is 12.2 Å². The molecule has 1 aromatic rings. The number of fused-ring (bicyclic) bond motifs is 5. The van der Waals surface area contributed by atoms with E-state index in [4.69, 9.17) is 9.47 Å². The molecule has 0 radical (unpaired) electrons. The van der Waals surface area contributed by atoms with E-state index >= 15 is 0 Å². The van der Waals surface area contributed by atoms with Gasteiger partial charge in [0.2, 0.25) is 5.91 Å². The quantitative estimate of drug-likeness (QED) is 0.545. The fraction of sp³-hybridized carbons (Fsp3) is 0.733. The third-order valence-corrected chi connectivity index (χ3v) is 8.55. The van der Waals surface area contributed by atoms with Crippen molar-refractivity contribution in [3.8, 4) is 5.75 Å². The van der Waals surface area contributed by atoms with Crippen LogP contribution < -0.4 is 15.4 Å². The van der Waals surface area contributed by atoms with E-state index in [0.29, 0.717) is 49.6 Å². The van der Waals surface area contributed by atoms with Crippen LogP contribution in [-0.4, -0.2) is 78.5 Å². The van der Waals surface area contributed by atoms with Gasteiger partial charge in [-0.15, -0.1) is 0 Å². The van der Waals surface area contributed by atoms with Crippen LogP contribution in [0.2, 0.25) is 0 Å². The lowest BCUT2D eigenvalue weighted by molar-refractivity contribution is -0.133. The number of nitrogens with zero attached hydrogens (tertiary/aromatic N) is 1. The van der Waals surface area contributed by atoms with E-state index in [1.54, 1.807) is 0 Å². The molecule has 3 heterocycles. The molecule has 210 valence electrons. The van der Waals surface area contributed by atoms with Crippen molar-refractivity contribution in [2.75, 3.05) is 26.2 Å². The average Bonchev–Trinajstić information content (AvgIpc) is 3.53. The van der Waals surface area contributed by atoms with Crippen LogP contribution in [0.5, 0.6) is 5.75 Å². The predicted octanol–water partition coefficient (Wildman–Crippen LogP) is 3.37. The number of benzene rings is 1. The highest BCUT2D eigenvalue weighted by Gasteiger charge is 2.40. The molecule has 1 aliphatic carbocycles. The molecule has 4 aliphatic rings. The molecular formula is C30H45N3O5. The average molecular weight is 528 g/mol. The maximum Gasteiger partial charge on any atom is 0.255 e. The van der Waals surface area contributed by atoms with Crippen LogP contribution >= 0.6 is 0 Å². The molecule has 1 saturated carbocycles. The maximum atomic E-state index is 13.5. The molecule has 5 rings (SSSR count). The minimum absolute atomic E-state index is 0.00313. The first-order valence-corrected chi connectivity index (χ1v) is 14.6. The zero-order valence-corrected chi connectivity index (χ0v) is 23.2. The number of ether oxygens (including phenoxy) is 2. The lowest BCUT2D eigenvalue weighted by Crippen LogP contribution is -2.51. The highest BCUT2D eigenvalue weighted by Crippen LogP contribution is 2.37. The molecule has 2 saturated heterocycles. The molecule has 8 nitrogen and oxygen atoms in total. The fourth-order valence-electron chi connectivity index (χ4n) is 6.65. The Kier molecular flexibility index (Phi) is 8.31. The van der Waals surface area contributed by atoms with Crippen molar-refractivity contribution < 1.29 is 24.2 Å². The van der Waals surface area contributed by atoms with Crippen molar-refractivity contribution in [3.63, 3.8) is 0 Å². The monoisotopic (exact) mass is 527 g/mol. The van der Waals surface area contributed by atoms with E-state index in [1.807, 2.05) is 6.07 Å². The van der Waals surface area contributed by atoms with Gasteiger partial charge in [0.15, 0.2) is 0 Å². The Bertz CT molecular complexity index is 1000. The Morgan fingerprint density at radius 3 is 2.63 bits per heavy atom. The summed E-state index contributed by atoms with van der Waals surface area (Å²) in [5.74, 6) is 0.936. The summed E-state index contributed by atoms with van der Waals surface area (Å²) in [6.45, 7) is 8.54. The third kappa shape index (κ3) is 6.52. The van der Waals surface area contributed by atoms with E-state index in [9.17, 15) is 14.7 Å². The van der Waals surface area contributed by atoms with Gasteiger partial charge in [0.25, 0.3) is 5.91 Å². The van der Waals surface area contributed by atoms with Gasteiger partial charge in [-0.2, -0.15) is 0 Å². The van der Waals surface area contributed by atoms with Gasteiger partial charge in [0.05, 0.1) is 30.4 Å². The van der Waals surface area contributed by atoms with Gasteiger partial charge in [-0.3, -0.25) is 14.5 Å². The number of hydrogen-bond donors (Lipinski definition) is 3. The van der Waals surface area contributed by atoms with Crippen molar-refractivity contribution in [3.05, 3.63) is 29.3 Å². The highest BCUT2D eigenvalue weighted by molar-refractivity contribution is 5.97. The van der Waals surface area contributed by atoms with Gasteiger partial charge < -0.3 is 25.2 Å². The number of amides is 2. The molecule has 1 aromatic carbocycles. The minimum atomic E-state index is -0.595. The summed E-state index contributed by atoms with van der Waals surface area (Å²) in [5.41, 5.74) is 1.80. The Morgan fingerprint density at radius 2 is 1.87 bits per heavy atom. The maximum absolute atomic E-state index is 13.5. The number of carbonyl (C=O) groups is 2. The number of carbonyl (C=O) groups excluding carboxylic acids is 2. The Hall–Kier alpha value is -2.16. The van der Waals surface area contributed by atoms with Crippen molar-refractivity contribution in [1.29, 1.82) is 0 Å². The van der Waals surface area contributed by atoms with Crippen LogP contribution in [0.15, 0.2) is 18.2 Å². The summed E-state index contributed by atoms with van der Waals surface area (Å²) >= 11 is 0. The minimum Gasteiger partial charge on any atom is -0.493 e. The molecule has 0 aromatic heterocycles. The van der Waals surface area contributed by atoms with E-state index in [-0.39, 0.29) is 42.0 Å². The van der Waals surface area contributed by atoms with Crippen LogP contribution in [0.3, 0.4) is 0 Å². The van der Waals surface area contributed by atoms with Crippen molar-refractivity contribution in [1.82, 2.24) is 15.5 Å². The number of aliphatic hydroxyl groups excluding tert-OH is 1. The number of hydrogen-bond acceptors (Lipinski definition) is 6. The fourth-order valence-corrected chi connectivity index (χ4v) is 6.65. The van der Waals surface area contributed by atoms with Crippen LogP contribution in [0, 0.1) is 5.41 Å². The SMILES string of the molecule is CC(C)(C)CN1C[C@@H]2C[C@H]1C(=O)NC[C@H]1O[C@H](CCOc3cc(C4CCCC4)ccc3C(=O)N2)CC[C@@H]1O. The summed E-state index contributed by atoms with van der Waals surface area (Å²) in [7, 11) is 0. The normalized spacial score (nSPS) is 31.8. The first kappa shape index (κ1) is 27.4. The lowest BCUT2D eigenvalue weighted by Gasteiger charge is -2.35. The van der Waals surface area contributed by atoms with Crippen molar-refractivity contribution in [2.24, 2.45) is 5.41 Å². The number of nitrogens with one attached hydrogen (secondary N) is 2. The number of aliphatic hydroxyl groups is 1. The van der Waals surface area contributed by atoms with Crippen LogP contribution in [0.4, 0.5) is 0 Å². The summed E-state index contributed by atoms with van der Waals surface area (Å²) in [5, 5.41) is 16.8. The molecule has 5 atom stereocenters. The molecule has 3 N–H and O–H groups in total. The van der Waals surface area contributed by atoms with Crippen LogP contribution in [0.1, 0.15) is 94.0 Å². The number of likely N-dealkylation sites (tertiary alicyclic amines) is 1. The van der Waals surface area contributed by atoms with Gasteiger partial charge in [0, 0.05) is 32.1 Å².